The van der Waals surface area contributed by atoms with Crippen molar-refractivity contribution in [2.75, 3.05) is 0 Å². The van der Waals surface area contributed by atoms with E-state index in [2.05, 4.69) is 20.6 Å². The minimum absolute atomic E-state index is 0.0430. The summed E-state index contributed by atoms with van der Waals surface area (Å²) in [5, 5.41) is 27.2. The third-order valence-electron chi connectivity index (χ3n) is 7.49. The number of aromatic amines is 1. The van der Waals surface area contributed by atoms with E-state index in [4.69, 9.17) is 0 Å². The van der Waals surface area contributed by atoms with Crippen LogP contribution in [0.3, 0.4) is 0 Å². The van der Waals surface area contributed by atoms with E-state index in [1.807, 2.05) is 31.4 Å². The molecular formula is C29H27F2N5O2. The topological polar surface area (TPSA) is 95.8 Å². The molecule has 0 saturated heterocycles. The lowest BCUT2D eigenvalue weighted by Gasteiger charge is -2.40. The fourth-order valence-electron chi connectivity index (χ4n) is 5.67. The van der Waals surface area contributed by atoms with Gasteiger partial charge in [0.2, 0.25) is 0 Å². The molecule has 1 aliphatic rings. The average Bonchev–Trinajstić information content (AvgIpc) is 3.48. The zero-order valence-electron chi connectivity index (χ0n) is 20.8. The molecule has 6 rings (SSSR count). The number of nitrogens with one attached hydrogen (secondary N) is 2. The Bertz CT molecular complexity index is 1660. The molecule has 3 N–H and O–H groups in total. The summed E-state index contributed by atoms with van der Waals surface area (Å²) >= 11 is 0. The number of aliphatic hydroxyl groups is 1. The Hall–Kier alpha value is -4.11. The molecule has 1 saturated carbocycles. The van der Waals surface area contributed by atoms with Crippen LogP contribution in [0, 0.1) is 11.6 Å². The molecule has 0 spiro atoms. The first-order valence-electron chi connectivity index (χ1n) is 12.7. The molecule has 3 aromatic carbocycles. The molecule has 1 fully saturated rings. The van der Waals surface area contributed by atoms with Gasteiger partial charge in [-0.05, 0) is 68.1 Å². The summed E-state index contributed by atoms with van der Waals surface area (Å²) in [6, 6.07) is 14.9. The summed E-state index contributed by atoms with van der Waals surface area (Å²) in [6.45, 7) is 0. The summed E-state index contributed by atoms with van der Waals surface area (Å²) in [5.41, 5.74) is 2.59. The van der Waals surface area contributed by atoms with Crippen LogP contribution in [-0.2, 0) is 13.5 Å². The van der Waals surface area contributed by atoms with Gasteiger partial charge < -0.3 is 10.4 Å². The van der Waals surface area contributed by atoms with Gasteiger partial charge in [-0.25, -0.2) is 8.78 Å². The minimum atomic E-state index is -0.975. The molecule has 2 aromatic heterocycles. The van der Waals surface area contributed by atoms with E-state index in [1.165, 1.54) is 18.2 Å². The number of carbonyl (C=O) groups excluding carboxylic acids is 1. The number of hydrogen-bond acceptors (Lipinski definition) is 4. The summed E-state index contributed by atoms with van der Waals surface area (Å²) < 4.78 is 30.8. The smallest absolute Gasteiger partial charge is 0.251 e. The maximum absolute atomic E-state index is 14.5. The number of benzene rings is 3. The molecule has 0 aliphatic heterocycles. The van der Waals surface area contributed by atoms with Crippen molar-refractivity contribution >= 4 is 27.7 Å². The van der Waals surface area contributed by atoms with Gasteiger partial charge in [0.15, 0.2) is 0 Å². The lowest BCUT2D eigenvalue weighted by molar-refractivity contribution is 0.0600. The highest BCUT2D eigenvalue weighted by molar-refractivity contribution is 6.02. The predicted molar refractivity (Wildman–Crippen MR) is 141 cm³/mol. The van der Waals surface area contributed by atoms with E-state index in [9.17, 15) is 18.7 Å². The second-order valence-electron chi connectivity index (χ2n) is 10.3. The number of nitrogens with zero attached hydrogens (tertiary/aromatic N) is 3. The monoisotopic (exact) mass is 515 g/mol. The van der Waals surface area contributed by atoms with Gasteiger partial charge in [-0.3, -0.25) is 14.6 Å². The molecule has 38 heavy (non-hydrogen) atoms. The van der Waals surface area contributed by atoms with Crippen molar-refractivity contribution in [2.24, 2.45) is 7.05 Å². The summed E-state index contributed by atoms with van der Waals surface area (Å²) in [5.74, 6) is -1.69. The first-order chi connectivity index (χ1) is 18.3. The molecule has 0 unspecified atom stereocenters. The normalized spacial score (nSPS) is 19.7. The second-order valence-corrected chi connectivity index (χ2v) is 10.3. The molecule has 2 atom stereocenters. The average molecular weight is 516 g/mol. The molecule has 194 valence electrons. The second kappa shape index (κ2) is 9.33. The molecular weight excluding hydrogens is 488 g/mol. The SMILES string of the molecule is Cn1cc2cc(-c3n[nH]c4ccc(C(=O)N[C@@]5(Cc6c(F)cccc6F)CCC[C@H](O)C5)cc34)ccc2n1. The van der Waals surface area contributed by atoms with Gasteiger partial charge in [-0.15, -0.1) is 0 Å². The van der Waals surface area contributed by atoms with Crippen LogP contribution in [0.15, 0.2) is 60.8 Å². The van der Waals surface area contributed by atoms with Crippen molar-refractivity contribution in [1.29, 1.82) is 0 Å². The standard InChI is InChI=1S/C29H27F2N5O2/c1-36-16-19-12-17(7-9-25(19)35-36)27-21-13-18(8-10-26(21)33-34-27)28(38)32-29(11-3-4-20(37)14-29)15-22-23(30)5-2-6-24(22)31/h2,5-10,12-13,16,20,37H,3-4,11,14-15H2,1H3,(H,32,38)(H,33,34)/t20-,29-/m0/s1. The van der Waals surface area contributed by atoms with E-state index >= 15 is 0 Å². The van der Waals surface area contributed by atoms with Gasteiger partial charge in [0.05, 0.1) is 22.8 Å². The zero-order chi connectivity index (χ0) is 26.4. The van der Waals surface area contributed by atoms with Gasteiger partial charge >= 0.3 is 0 Å². The number of fused-ring (bicyclic) bond motifs is 2. The minimum Gasteiger partial charge on any atom is -0.393 e. The van der Waals surface area contributed by atoms with Crippen molar-refractivity contribution in [1.82, 2.24) is 25.3 Å². The van der Waals surface area contributed by atoms with E-state index < -0.39 is 23.3 Å². The van der Waals surface area contributed by atoms with Crippen molar-refractivity contribution in [3.8, 4) is 11.3 Å². The molecule has 2 heterocycles. The quantitative estimate of drug-likeness (QED) is 0.306. The largest absolute Gasteiger partial charge is 0.393 e. The first kappa shape index (κ1) is 24.2. The third-order valence-corrected chi connectivity index (χ3v) is 7.49. The lowest BCUT2D eigenvalue weighted by atomic mass is 9.75. The van der Waals surface area contributed by atoms with Gasteiger partial charge in [0, 0.05) is 52.7 Å². The highest BCUT2D eigenvalue weighted by atomic mass is 19.1. The van der Waals surface area contributed by atoms with Crippen LogP contribution in [-0.4, -0.2) is 42.6 Å². The van der Waals surface area contributed by atoms with E-state index in [0.29, 0.717) is 30.5 Å². The van der Waals surface area contributed by atoms with Crippen LogP contribution in [0.5, 0.6) is 0 Å². The van der Waals surface area contributed by atoms with E-state index in [1.54, 1.807) is 22.9 Å². The van der Waals surface area contributed by atoms with Gasteiger partial charge in [-0.2, -0.15) is 10.2 Å². The fraction of sp³-hybridized carbons (Fsp3) is 0.276. The summed E-state index contributed by atoms with van der Waals surface area (Å²) in [7, 11) is 1.87. The Balaban J connectivity index is 1.34. The number of hydrogen-bond donors (Lipinski definition) is 3. The van der Waals surface area contributed by atoms with Crippen LogP contribution >= 0.6 is 0 Å². The molecule has 1 aliphatic carbocycles. The molecule has 5 aromatic rings. The first-order valence-corrected chi connectivity index (χ1v) is 12.7. The Kier molecular flexibility index (Phi) is 5.95. The Morgan fingerprint density at radius 2 is 2.00 bits per heavy atom. The lowest BCUT2D eigenvalue weighted by Crippen LogP contribution is -2.54. The molecule has 1 amide bonds. The van der Waals surface area contributed by atoms with Crippen molar-refractivity contribution in [3.63, 3.8) is 0 Å². The zero-order valence-corrected chi connectivity index (χ0v) is 20.8. The van der Waals surface area contributed by atoms with Crippen molar-refractivity contribution < 1.29 is 18.7 Å². The van der Waals surface area contributed by atoms with Gasteiger partial charge in [0.25, 0.3) is 5.91 Å². The van der Waals surface area contributed by atoms with Crippen LogP contribution in [0.2, 0.25) is 0 Å². The summed E-state index contributed by atoms with van der Waals surface area (Å²) in [6.07, 6.45) is 3.18. The Labute approximate surface area is 217 Å². The Morgan fingerprint density at radius 3 is 2.79 bits per heavy atom. The number of aliphatic hydroxyl groups excluding tert-OH is 1. The number of halogens is 2. The van der Waals surface area contributed by atoms with E-state index in [0.717, 1.165) is 27.4 Å². The highest BCUT2D eigenvalue weighted by Crippen LogP contribution is 2.34. The molecule has 7 nitrogen and oxygen atoms in total. The predicted octanol–water partition coefficient (Wildman–Crippen LogP) is 5.04. The molecule has 9 heteroatoms. The van der Waals surface area contributed by atoms with Gasteiger partial charge in [0.1, 0.15) is 11.6 Å². The fourth-order valence-corrected chi connectivity index (χ4v) is 5.67. The number of amides is 1. The van der Waals surface area contributed by atoms with Crippen LogP contribution in [0.25, 0.3) is 33.1 Å². The van der Waals surface area contributed by atoms with Crippen molar-refractivity contribution in [2.45, 2.75) is 43.7 Å². The maximum Gasteiger partial charge on any atom is 0.251 e. The number of aromatic nitrogens is 4. The van der Waals surface area contributed by atoms with Crippen LogP contribution < -0.4 is 5.32 Å². The van der Waals surface area contributed by atoms with Crippen LogP contribution in [0.1, 0.15) is 41.6 Å². The maximum atomic E-state index is 14.5. The number of aryl methyl sites for hydroxylation is 1. The number of H-pyrrole nitrogens is 1. The third kappa shape index (κ3) is 4.43. The summed E-state index contributed by atoms with van der Waals surface area (Å²) in [4.78, 5) is 13.6. The van der Waals surface area contributed by atoms with Gasteiger partial charge in [-0.1, -0.05) is 12.1 Å². The van der Waals surface area contributed by atoms with Crippen LogP contribution in [0.4, 0.5) is 8.78 Å². The highest BCUT2D eigenvalue weighted by Gasteiger charge is 2.39. The molecule has 0 radical (unpaired) electrons. The number of rotatable bonds is 5. The number of carbonyl (C=O) groups is 1. The van der Waals surface area contributed by atoms with Crippen molar-refractivity contribution in [3.05, 3.63) is 83.6 Å². The Morgan fingerprint density at radius 1 is 1.18 bits per heavy atom. The van der Waals surface area contributed by atoms with E-state index in [-0.39, 0.29) is 24.3 Å². The molecule has 0 bridgehead atoms.